The molecule has 0 unspecified atom stereocenters. The van der Waals surface area contributed by atoms with Gasteiger partial charge in [-0.3, -0.25) is 9.69 Å². The molecule has 130 valence electrons. The highest BCUT2D eigenvalue weighted by Gasteiger charge is 2.41. The van der Waals surface area contributed by atoms with Gasteiger partial charge in [-0.25, -0.2) is 0 Å². The summed E-state index contributed by atoms with van der Waals surface area (Å²) < 4.78 is 11.5. The van der Waals surface area contributed by atoms with Gasteiger partial charge in [0.25, 0.3) is 5.91 Å². The number of methoxy groups -OCH3 is 1. The summed E-state index contributed by atoms with van der Waals surface area (Å²) in [5.74, 6) is 1.59. The average Bonchev–Trinajstić information content (AvgIpc) is 2.99. The zero-order chi connectivity index (χ0) is 17.4. The zero-order valence-electron chi connectivity index (χ0n) is 14.5. The number of benzene rings is 2. The van der Waals surface area contributed by atoms with Crippen LogP contribution in [0.3, 0.4) is 0 Å². The van der Waals surface area contributed by atoms with Crippen LogP contribution in [0, 0.1) is 0 Å². The molecule has 2 aromatic carbocycles. The van der Waals surface area contributed by atoms with Crippen molar-refractivity contribution in [2.45, 2.75) is 18.7 Å². The Hall–Kier alpha value is -2.53. The second-order valence-corrected chi connectivity index (χ2v) is 6.68. The Bertz CT molecular complexity index is 792. The van der Waals surface area contributed by atoms with Gasteiger partial charge in [-0.1, -0.05) is 24.3 Å². The molecule has 0 saturated carbocycles. The van der Waals surface area contributed by atoms with Gasteiger partial charge in [-0.05, 0) is 29.8 Å². The van der Waals surface area contributed by atoms with E-state index in [0.717, 1.165) is 25.4 Å². The molecule has 2 aliphatic heterocycles. The Morgan fingerprint density at radius 1 is 1.16 bits per heavy atom. The van der Waals surface area contributed by atoms with Crippen molar-refractivity contribution in [3.63, 3.8) is 0 Å². The molecule has 2 atom stereocenters. The summed E-state index contributed by atoms with van der Waals surface area (Å²) in [5.41, 5.74) is 1.85. The summed E-state index contributed by atoms with van der Waals surface area (Å²) in [6.45, 7) is 2.42. The van der Waals surface area contributed by atoms with E-state index in [4.69, 9.17) is 9.47 Å². The molecule has 1 amide bonds. The van der Waals surface area contributed by atoms with E-state index in [1.807, 2.05) is 48.3 Å². The molecule has 5 heteroatoms. The van der Waals surface area contributed by atoms with E-state index in [0.29, 0.717) is 11.3 Å². The lowest BCUT2D eigenvalue weighted by molar-refractivity contribution is 0.0682. The van der Waals surface area contributed by atoms with Crippen molar-refractivity contribution < 1.29 is 14.3 Å². The summed E-state index contributed by atoms with van der Waals surface area (Å²) in [6.07, 6.45) is -0.0109. The minimum atomic E-state index is -0.0109. The van der Waals surface area contributed by atoms with E-state index in [1.54, 1.807) is 7.11 Å². The molecular formula is C20H22N2O3. The van der Waals surface area contributed by atoms with E-state index in [2.05, 4.69) is 17.0 Å². The number of para-hydroxylation sites is 1. The monoisotopic (exact) mass is 338 g/mol. The maximum Gasteiger partial charge on any atom is 0.257 e. The fourth-order valence-electron chi connectivity index (χ4n) is 3.73. The van der Waals surface area contributed by atoms with E-state index in [9.17, 15) is 4.79 Å². The van der Waals surface area contributed by atoms with Crippen LogP contribution in [0.1, 0.15) is 15.9 Å². The molecule has 2 aliphatic rings. The third kappa shape index (κ3) is 2.96. The lowest BCUT2D eigenvalue weighted by Gasteiger charge is -2.25. The lowest BCUT2D eigenvalue weighted by atomic mass is 10.1. The molecule has 0 aromatic heterocycles. The quantitative estimate of drug-likeness (QED) is 0.862. The van der Waals surface area contributed by atoms with Crippen LogP contribution >= 0.6 is 0 Å². The summed E-state index contributed by atoms with van der Waals surface area (Å²) in [6, 6.07) is 15.7. The van der Waals surface area contributed by atoms with Crippen molar-refractivity contribution in [3.8, 4) is 11.5 Å². The first-order valence-electron chi connectivity index (χ1n) is 8.54. The van der Waals surface area contributed by atoms with Crippen LogP contribution in [-0.4, -0.2) is 55.1 Å². The minimum Gasteiger partial charge on any atom is -0.497 e. The number of likely N-dealkylation sites (N-methyl/N-ethyl adjacent to an activating group) is 1. The summed E-state index contributed by atoms with van der Waals surface area (Å²) in [7, 11) is 3.55. The number of fused-ring (bicyclic) bond motifs is 2. The highest BCUT2D eigenvalue weighted by molar-refractivity contribution is 5.97. The van der Waals surface area contributed by atoms with Crippen LogP contribution in [0.4, 0.5) is 0 Å². The fraction of sp³-hybridized carbons (Fsp3) is 0.350. The third-order valence-electron chi connectivity index (χ3n) is 5.07. The third-order valence-corrected chi connectivity index (χ3v) is 5.07. The second-order valence-electron chi connectivity index (χ2n) is 6.68. The Kier molecular flexibility index (Phi) is 4.09. The molecule has 0 bridgehead atoms. The number of hydrogen-bond acceptors (Lipinski definition) is 4. The van der Waals surface area contributed by atoms with Gasteiger partial charge in [0, 0.05) is 26.7 Å². The Morgan fingerprint density at radius 2 is 2.00 bits per heavy atom. The number of likely N-dealkylation sites (tertiary alicyclic amines) is 1. The van der Waals surface area contributed by atoms with Gasteiger partial charge < -0.3 is 14.4 Å². The molecular weight excluding hydrogens is 316 g/mol. The van der Waals surface area contributed by atoms with E-state index >= 15 is 0 Å². The maximum atomic E-state index is 12.7. The first kappa shape index (κ1) is 16.0. The van der Waals surface area contributed by atoms with E-state index in [-0.39, 0.29) is 18.1 Å². The number of hydrogen-bond donors (Lipinski definition) is 0. The van der Waals surface area contributed by atoms with Gasteiger partial charge in [0.1, 0.15) is 17.6 Å². The minimum absolute atomic E-state index is 0.0109. The smallest absolute Gasteiger partial charge is 0.257 e. The summed E-state index contributed by atoms with van der Waals surface area (Å²) in [5, 5.41) is 0. The van der Waals surface area contributed by atoms with Gasteiger partial charge in [0.2, 0.25) is 0 Å². The molecule has 25 heavy (non-hydrogen) atoms. The first-order valence-corrected chi connectivity index (χ1v) is 8.54. The molecule has 0 radical (unpaired) electrons. The van der Waals surface area contributed by atoms with Crippen LogP contribution in [0.2, 0.25) is 0 Å². The predicted molar refractivity (Wildman–Crippen MR) is 95.0 cm³/mol. The number of nitrogens with zero attached hydrogens (tertiary/aromatic N) is 2. The highest BCUT2D eigenvalue weighted by atomic mass is 16.5. The van der Waals surface area contributed by atoms with Gasteiger partial charge in [0.05, 0.1) is 18.7 Å². The Balaban J connectivity index is 1.54. The molecule has 0 aliphatic carbocycles. The zero-order valence-corrected chi connectivity index (χ0v) is 14.5. The van der Waals surface area contributed by atoms with Crippen LogP contribution in [0.15, 0.2) is 48.5 Å². The second kappa shape index (κ2) is 6.41. The molecule has 1 saturated heterocycles. The lowest BCUT2D eigenvalue weighted by Crippen LogP contribution is -2.44. The van der Waals surface area contributed by atoms with E-state index < -0.39 is 0 Å². The standard InChI is InChI=1S/C20H22N2O3/c1-21-17-12-22(11-14-6-5-7-15(10-14)24-2)13-19(17)25-18-9-4-3-8-16(18)20(21)23/h3-10,17,19H,11-13H2,1-2H3/t17-,19+/m1/s1. The molecule has 2 aromatic rings. The number of ether oxygens (including phenoxy) is 2. The predicted octanol–water partition coefficient (Wildman–Crippen LogP) is 2.41. The first-order chi connectivity index (χ1) is 12.2. The number of amides is 1. The SMILES string of the molecule is COc1cccc(CN2C[C@@H]3Oc4ccccc4C(=O)N(C)[C@@H]3C2)c1. The van der Waals surface area contributed by atoms with E-state index in [1.165, 1.54) is 5.56 Å². The van der Waals surface area contributed by atoms with Crippen LogP contribution in [-0.2, 0) is 6.54 Å². The molecule has 0 N–H and O–H groups in total. The van der Waals surface area contributed by atoms with Crippen molar-refractivity contribution in [1.82, 2.24) is 9.80 Å². The number of rotatable bonds is 3. The molecule has 2 heterocycles. The number of carbonyl (C=O) groups is 1. The molecule has 4 rings (SSSR count). The summed E-state index contributed by atoms with van der Waals surface area (Å²) in [4.78, 5) is 16.9. The average molecular weight is 338 g/mol. The van der Waals surface area contributed by atoms with Gasteiger partial charge in [-0.15, -0.1) is 0 Å². The van der Waals surface area contributed by atoms with Crippen LogP contribution < -0.4 is 9.47 Å². The van der Waals surface area contributed by atoms with Gasteiger partial charge in [0.15, 0.2) is 0 Å². The van der Waals surface area contributed by atoms with Gasteiger partial charge >= 0.3 is 0 Å². The largest absolute Gasteiger partial charge is 0.497 e. The molecule has 1 fully saturated rings. The van der Waals surface area contributed by atoms with Crippen LogP contribution in [0.25, 0.3) is 0 Å². The molecule has 5 nitrogen and oxygen atoms in total. The Labute approximate surface area is 147 Å². The van der Waals surface area contributed by atoms with Gasteiger partial charge in [-0.2, -0.15) is 0 Å². The fourth-order valence-corrected chi connectivity index (χ4v) is 3.73. The van der Waals surface area contributed by atoms with Crippen molar-refractivity contribution in [3.05, 3.63) is 59.7 Å². The van der Waals surface area contributed by atoms with Crippen molar-refractivity contribution in [2.24, 2.45) is 0 Å². The van der Waals surface area contributed by atoms with Crippen molar-refractivity contribution in [2.75, 3.05) is 27.2 Å². The molecule has 0 spiro atoms. The van der Waals surface area contributed by atoms with Crippen LogP contribution in [0.5, 0.6) is 11.5 Å². The summed E-state index contributed by atoms with van der Waals surface area (Å²) >= 11 is 0. The number of carbonyl (C=O) groups excluding carboxylic acids is 1. The maximum absolute atomic E-state index is 12.7. The Morgan fingerprint density at radius 3 is 2.84 bits per heavy atom. The van der Waals surface area contributed by atoms with Crippen molar-refractivity contribution in [1.29, 1.82) is 0 Å². The normalized spacial score (nSPS) is 22.8. The topological polar surface area (TPSA) is 42.0 Å². The van der Waals surface area contributed by atoms with Crippen molar-refractivity contribution >= 4 is 5.91 Å². The highest BCUT2D eigenvalue weighted by Crippen LogP contribution is 2.31.